The number of hydrogen-bond donors (Lipinski definition) is 2. The van der Waals surface area contributed by atoms with Crippen molar-refractivity contribution < 1.29 is 18.3 Å². The van der Waals surface area contributed by atoms with Crippen molar-refractivity contribution in [3.8, 4) is 0 Å². The van der Waals surface area contributed by atoms with E-state index in [1.807, 2.05) is 0 Å². The van der Waals surface area contributed by atoms with Crippen molar-refractivity contribution in [3.63, 3.8) is 0 Å². The monoisotopic (exact) mass is 264 g/mol. The number of sulfone groups is 1. The molecule has 1 aliphatic heterocycles. The number of carboxylic acid groups (broad SMARTS) is 1. The lowest BCUT2D eigenvalue weighted by molar-refractivity contribution is -0.151. The molecule has 0 amide bonds. The summed E-state index contributed by atoms with van der Waals surface area (Å²) in [5.74, 6) is -1.09. The maximum atomic E-state index is 11.6. The Morgan fingerprint density at radius 3 is 2.24 bits per heavy atom. The number of hydrogen-bond acceptors (Lipinski definition) is 5. The minimum absolute atomic E-state index is 0.544. The van der Waals surface area contributed by atoms with Crippen molar-refractivity contribution in [2.24, 2.45) is 0 Å². The van der Waals surface area contributed by atoms with E-state index in [0.717, 1.165) is 6.26 Å². The van der Waals surface area contributed by atoms with Crippen molar-refractivity contribution >= 4 is 15.8 Å². The molecule has 7 heteroatoms. The molecule has 0 aromatic heterocycles. The lowest BCUT2D eigenvalue weighted by Gasteiger charge is -2.43. The van der Waals surface area contributed by atoms with Gasteiger partial charge >= 0.3 is 5.97 Å². The highest BCUT2D eigenvalue weighted by molar-refractivity contribution is 7.91. The summed E-state index contributed by atoms with van der Waals surface area (Å²) in [5, 5.41) is 11.6. The van der Waals surface area contributed by atoms with Gasteiger partial charge in [0.15, 0.2) is 9.84 Å². The molecule has 6 nitrogen and oxygen atoms in total. The Kier molecular flexibility index (Phi) is 4.16. The van der Waals surface area contributed by atoms with E-state index in [9.17, 15) is 18.3 Å². The van der Waals surface area contributed by atoms with E-state index in [-0.39, 0.29) is 0 Å². The largest absolute Gasteiger partial charge is 0.480 e. The quantitative estimate of drug-likeness (QED) is 0.689. The zero-order valence-electron chi connectivity index (χ0n) is 10.4. The maximum absolute atomic E-state index is 11.6. The lowest BCUT2D eigenvalue weighted by atomic mass is 9.95. The lowest BCUT2D eigenvalue weighted by Crippen LogP contribution is -2.64. The molecule has 1 fully saturated rings. The molecule has 100 valence electrons. The Bertz CT molecular complexity index is 389. The highest BCUT2D eigenvalue weighted by Crippen LogP contribution is 2.25. The molecule has 0 bridgehead atoms. The summed E-state index contributed by atoms with van der Waals surface area (Å²) in [4.78, 5) is 13.2. The topological polar surface area (TPSA) is 86.7 Å². The van der Waals surface area contributed by atoms with Crippen LogP contribution in [0.25, 0.3) is 0 Å². The standard InChI is InChI=1S/C10H20N2O4S/c1-8(17(3,15)16)10(2,9(13)14)12-6-4-11-5-7-12/h8,11H,4-7H2,1-3H3,(H,13,14). The zero-order chi connectivity index (χ0) is 13.3. The summed E-state index contributed by atoms with van der Waals surface area (Å²) >= 11 is 0. The molecule has 0 spiro atoms. The molecule has 1 saturated heterocycles. The van der Waals surface area contributed by atoms with Gasteiger partial charge in [-0.25, -0.2) is 8.42 Å². The Morgan fingerprint density at radius 2 is 1.88 bits per heavy atom. The van der Waals surface area contributed by atoms with E-state index >= 15 is 0 Å². The van der Waals surface area contributed by atoms with Crippen molar-refractivity contribution in [2.45, 2.75) is 24.6 Å². The molecule has 1 aliphatic rings. The van der Waals surface area contributed by atoms with Gasteiger partial charge in [-0.1, -0.05) is 0 Å². The molecule has 0 saturated carbocycles. The normalized spacial score (nSPS) is 23.9. The van der Waals surface area contributed by atoms with E-state index in [1.165, 1.54) is 13.8 Å². The van der Waals surface area contributed by atoms with Crippen LogP contribution in [0.15, 0.2) is 0 Å². The molecule has 1 heterocycles. The molecule has 0 aliphatic carbocycles. The minimum atomic E-state index is -3.40. The van der Waals surface area contributed by atoms with Crippen molar-refractivity contribution in [2.75, 3.05) is 32.4 Å². The van der Waals surface area contributed by atoms with Gasteiger partial charge in [0.05, 0.1) is 5.25 Å². The smallest absolute Gasteiger partial charge is 0.325 e. The van der Waals surface area contributed by atoms with E-state index in [1.54, 1.807) is 4.90 Å². The summed E-state index contributed by atoms with van der Waals surface area (Å²) < 4.78 is 23.2. The van der Waals surface area contributed by atoms with E-state index in [4.69, 9.17) is 0 Å². The molecular weight excluding hydrogens is 244 g/mol. The second-order valence-corrected chi connectivity index (χ2v) is 7.03. The molecule has 17 heavy (non-hydrogen) atoms. The maximum Gasteiger partial charge on any atom is 0.325 e. The molecular formula is C10H20N2O4S. The van der Waals surface area contributed by atoms with E-state index in [2.05, 4.69) is 5.32 Å². The number of rotatable bonds is 4. The fourth-order valence-corrected chi connectivity index (χ4v) is 3.20. The van der Waals surface area contributed by atoms with Crippen LogP contribution in [0, 0.1) is 0 Å². The zero-order valence-corrected chi connectivity index (χ0v) is 11.2. The average molecular weight is 264 g/mol. The van der Waals surface area contributed by atoms with Crippen molar-refractivity contribution in [3.05, 3.63) is 0 Å². The number of carbonyl (C=O) groups is 1. The van der Waals surface area contributed by atoms with Crippen molar-refractivity contribution in [1.29, 1.82) is 0 Å². The van der Waals surface area contributed by atoms with Gasteiger partial charge in [-0.15, -0.1) is 0 Å². The molecule has 2 unspecified atom stereocenters. The number of aliphatic carboxylic acids is 1. The molecule has 2 N–H and O–H groups in total. The third-order valence-electron chi connectivity index (χ3n) is 3.64. The van der Waals surface area contributed by atoms with Gasteiger partial charge in [-0.2, -0.15) is 0 Å². The molecule has 0 radical (unpaired) electrons. The Morgan fingerprint density at radius 1 is 1.41 bits per heavy atom. The Hall–Kier alpha value is -0.660. The third-order valence-corrected chi connectivity index (χ3v) is 5.38. The molecule has 2 atom stereocenters. The van der Waals surface area contributed by atoms with E-state index in [0.29, 0.717) is 26.2 Å². The van der Waals surface area contributed by atoms with Crippen LogP contribution in [0.3, 0.4) is 0 Å². The number of nitrogens with zero attached hydrogens (tertiary/aromatic N) is 1. The van der Waals surface area contributed by atoms with Crippen LogP contribution < -0.4 is 5.32 Å². The Labute approximate surface area is 102 Å². The van der Waals surface area contributed by atoms with Crippen LogP contribution in [0.1, 0.15) is 13.8 Å². The fraction of sp³-hybridized carbons (Fsp3) is 0.900. The first-order valence-electron chi connectivity index (χ1n) is 5.58. The van der Waals surface area contributed by atoms with Crippen LogP contribution in [0.4, 0.5) is 0 Å². The summed E-state index contributed by atoms with van der Waals surface area (Å²) in [6.45, 7) is 5.40. The Balaban J connectivity index is 3.08. The third kappa shape index (κ3) is 2.78. The molecule has 1 rings (SSSR count). The summed E-state index contributed by atoms with van der Waals surface area (Å²) in [6, 6.07) is 0. The van der Waals surface area contributed by atoms with Gasteiger partial charge in [0.2, 0.25) is 0 Å². The number of piperazine rings is 1. The predicted octanol–water partition coefficient (Wildman–Crippen LogP) is -0.832. The number of nitrogens with one attached hydrogen (secondary N) is 1. The highest BCUT2D eigenvalue weighted by atomic mass is 32.2. The van der Waals surface area contributed by atoms with Gasteiger partial charge in [0, 0.05) is 32.4 Å². The fourth-order valence-electron chi connectivity index (χ4n) is 2.11. The second-order valence-electron chi connectivity index (χ2n) is 4.66. The SMILES string of the molecule is CC(C(C)(C(=O)O)N1CCNCC1)S(C)(=O)=O. The second kappa shape index (κ2) is 4.91. The van der Waals surface area contributed by atoms with Crippen molar-refractivity contribution in [1.82, 2.24) is 10.2 Å². The van der Waals surface area contributed by atoms with Gasteiger partial charge in [0.1, 0.15) is 5.54 Å². The van der Waals surface area contributed by atoms with Crippen LogP contribution in [0.5, 0.6) is 0 Å². The minimum Gasteiger partial charge on any atom is -0.480 e. The first kappa shape index (κ1) is 14.4. The van der Waals surface area contributed by atoms with Gasteiger partial charge in [0.25, 0.3) is 0 Å². The van der Waals surface area contributed by atoms with Crippen LogP contribution in [-0.2, 0) is 14.6 Å². The van der Waals surface area contributed by atoms with Crippen LogP contribution in [-0.4, -0.2) is 67.6 Å². The van der Waals surface area contributed by atoms with Gasteiger partial charge in [-0.3, -0.25) is 9.69 Å². The summed E-state index contributed by atoms with van der Waals surface area (Å²) in [6.07, 6.45) is 1.08. The van der Waals surface area contributed by atoms with Gasteiger partial charge in [-0.05, 0) is 13.8 Å². The summed E-state index contributed by atoms with van der Waals surface area (Å²) in [7, 11) is -3.40. The highest BCUT2D eigenvalue weighted by Gasteiger charge is 2.48. The summed E-state index contributed by atoms with van der Waals surface area (Å²) in [5.41, 5.74) is -1.37. The first-order chi connectivity index (χ1) is 7.70. The van der Waals surface area contributed by atoms with Gasteiger partial charge < -0.3 is 10.4 Å². The van der Waals surface area contributed by atoms with Crippen LogP contribution in [0.2, 0.25) is 0 Å². The predicted molar refractivity (Wildman–Crippen MR) is 64.8 cm³/mol. The molecule has 0 aromatic carbocycles. The average Bonchev–Trinajstić information content (AvgIpc) is 2.26. The first-order valence-corrected chi connectivity index (χ1v) is 7.54. The molecule has 0 aromatic rings. The number of carboxylic acids is 1. The van der Waals surface area contributed by atoms with Crippen LogP contribution >= 0.6 is 0 Å². The van der Waals surface area contributed by atoms with E-state index < -0.39 is 26.6 Å².